The van der Waals surface area contributed by atoms with Crippen LogP contribution in [0.15, 0.2) is 0 Å². The van der Waals surface area contributed by atoms with E-state index in [4.69, 9.17) is 0 Å². The topological polar surface area (TPSA) is 15.3 Å². The molecule has 0 spiro atoms. The van der Waals surface area contributed by atoms with Crippen molar-refractivity contribution < 1.29 is 0 Å². The number of hydrogen-bond acceptors (Lipinski definition) is 2. The van der Waals surface area contributed by atoms with Crippen LogP contribution in [0.3, 0.4) is 0 Å². The summed E-state index contributed by atoms with van der Waals surface area (Å²) in [6, 6.07) is 0.678. The third kappa shape index (κ3) is 4.89. The van der Waals surface area contributed by atoms with E-state index in [2.05, 4.69) is 44.8 Å². The Bertz CT molecular complexity index is 217. The van der Waals surface area contributed by atoms with Crippen molar-refractivity contribution in [1.29, 1.82) is 0 Å². The van der Waals surface area contributed by atoms with E-state index in [1.807, 2.05) is 0 Å². The zero-order valence-electron chi connectivity index (χ0n) is 13.3. The molecule has 0 aromatic heterocycles. The summed E-state index contributed by atoms with van der Waals surface area (Å²) in [5.74, 6) is 0.760. The highest BCUT2D eigenvalue weighted by Crippen LogP contribution is 2.38. The molecule has 0 aliphatic heterocycles. The van der Waals surface area contributed by atoms with Crippen molar-refractivity contribution in [3.05, 3.63) is 0 Å². The Hall–Kier alpha value is -0.0800. The molecular weight excluding hydrogens is 220 g/mol. The molecule has 1 saturated carbocycles. The molecule has 0 atom stereocenters. The van der Waals surface area contributed by atoms with Crippen molar-refractivity contribution in [1.82, 2.24) is 10.2 Å². The standard InChI is InChI=1S/C16H34N2/c1-6-18(15(4)5)13-16(9-7-8-10-16)12-17-11-14(2)3/h14-15,17H,6-13H2,1-5H3. The molecule has 0 unspecified atom stereocenters. The molecule has 108 valence electrons. The lowest BCUT2D eigenvalue weighted by Crippen LogP contribution is -2.45. The summed E-state index contributed by atoms with van der Waals surface area (Å²) in [6.45, 7) is 16.4. The zero-order valence-corrected chi connectivity index (χ0v) is 13.3. The van der Waals surface area contributed by atoms with Crippen molar-refractivity contribution in [3.63, 3.8) is 0 Å². The highest BCUT2D eigenvalue weighted by Gasteiger charge is 2.35. The Balaban J connectivity index is 2.51. The van der Waals surface area contributed by atoms with E-state index in [0.717, 1.165) is 12.5 Å². The summed E-state index contributed by atoms with van der Waals surface area (Å²) in [6.07, 6.45) is 5.70. The minimum atomic E-state index is 0.551. The number of hydrogen-bond donors (Lipinski definition) is 1. The normalized spacial score (nSPS) is 19.3. The van der Waals surface area contributed by atoms with Crippen LogP contribution in [0.2, 0.25) is 0 Å². The molecule has 0 amide bonds. The van der Waals surface area contributed by atoms with E-state index in [1.165, 1.54) is 45.3 Å². The Labute approximate surface area is 115 Å². The highest BCUT2D eigenvalue weighted by molar-refractivity contribution is 4.90. The first-order valence-electron chi connectivity index (χ1n) is 7.94. The van der Waals surface area contributed by atoms with Crippen molar-refractivity contribution in [2.75, 3.05) is 26.2 Å². The van der Waals surface area contributed by atoms with Gasteiger partial charge in [0.1, 0.15) is 0 Å². The van der Waals surface area contributed by atoms with Gasteiger partial charge in [0, 0.05) is 19.1 Å². The summed E-state index contributed by atoms with van der Waals surface area (Å²) in [4.78, 5) is 2.64. The first-order chi connectivity index (χ1) is 8.49. The molecule has 1 N–H and O–H groups in total. The van der Waals surface area contributed by atoms with Crippen LogP contribution in [0, 0.1) is 11.3 Å². The third-order valence-corrected chi connectivity index (χ3v) is 4.39. The molecule has 0 aromatic carbocycles. The first kappa shape index (κ1) is 16.0. The Morgan fingerprint density at radius 3 is 2.17 bits per heavy atom. The van der Waals surface area contributed by atoms with Gasteiger partial charge in [-0.25, -0.2) is 0 Å². The van der Waals surface area contributed by atoms with E-state index in [0.29, 0.717) is 11.5 Å². The second-order valence-corrected chi connectivity index (χ2v) is 6.89. The quantitative estimate of drug-likeness (QED) is 0.713. The molecule has 18 heavy (non-hydrogen) atoms. The molecule has 0 heterocycles. The Kier molecular flexibility index (Phi) is 6.65. The average Bonchev–Trinajstić information content (AvgIpc) is 2.74. The molecule has 0 bridgehead atoms. The lowest BCUT2D eigenvalue weighted by atomic mass is 9.85. The van der Waals surface area contributed by atoms with Gasteiger partial charge in [0.2, 0.25) is 0 Å². The fraction of sp³-hybridized carbons (Fsp3) is 1.00. The molecular formula is C16H34N2. The van der Waals surface area contributed by atoms with Gasteiger partial charge in [-0.3, -0.25) is 0 Å². The predicted molar refractivity (Wildman–Crippen MR) is 81.0 cm³/mol. The maximum atomic E-state index is 3.71. The van der Waals surface area contributed by atoms with Crippen molar-refractivity contribution in [3.8, 4) is 0 Å². The van der Waals surface area contributed by atoms with Crippen LogP contribution >= 0.6 is 0 Å². The maximum Gasteiger partial charge on any atom is 0.00527 e. The van der Waals surface area contributed by atoms with E-state index in [9.17, 15) is 0 Å². The number of nitrogens with one attached hydrogen (secondary N) is 1. The number of nitrogens with zero attached hydrogens (tertiary/aromatic N) is 1. The molecule has 2 heteroatoms. The van der Waals surface area contributed by atoms with Gasteiger partial charge in [-0.2, -0.15) is 0 Å². The van der Waals surface area contributed by atoms with Gasteiger partial charge in [0.15, 0.2) is 0 Å². The zero-order chi connectivity index (χ0) is 13.6. The van der Waals surface area contributed by atoms with Crippen molar-refractivity contribution in [2.45, 2.75) is 66.3 Å². The number of rotatable bonds is 8. The van der Waals surface area contributed by atoms with Crippen LogP contribution in [-0.4, -0.2) is 37.1 Å². The van der Waals surface area contributed by atoms with Crippen LogP contribution in [0.5, 0.6) is 0 Å². The summed E-state index contributed by atoms with van der Waals surface area (Å²) in [7, 11) is 0. The minimum absolute atomic E-state index is 0.551. The molecule has 0 radical (unpaired) electrons. The van der Waals surface area contributed by atoms with Crippen LogP contribution < -0.4 is 5.32 Å². The predicted octanol–water partition coefficient (Wildman–Crippen LogP) is 3.52. The van der Waals surface area contributed by atoms with Crippen molar-refractivity contribution >= 4 is 0 Å². The van der Waals surface area contributed by atoms with Gasteiger partial charge >= 0.3 is 0 Å². The van der Waals surface area contributed by atoms with Crippen LogP contribution in [0.4, 0.5) is 0 Å². The lowest BCUT2D eigenvalue weighted by Gasteiger charge is -2.37. The van der Waals surface area contributed by atoms with Gasteiger partial charge < -0.3 is 10.2 Å². The second kappa shape index (κ2) is 7.49. The summed E-state index contributed by atoms with van der Waals surface area (Å²) in [5.41, 5.74) is 0.551. The molecule has 1 aliphatic carbocycles. The van der Waals surface area contributed by atoms with Crippen LogP contribution in [0.1, 0.15) is 60.3 Å². The SMILES string of the molecule is CCN(CC1(CNCC(C)C)CCCC1)C(C)C. The minimum Gasteiger partial charge on any atom is -0.316 e. The van der Waals surface area contributed by atoms with Gasteiger partial charge in [-0.15, -0.1) is 0 Å². The van der Waals surface area contributed by atoms with Crippen LogP contribution in [-0.2, 0) is 0 Å². The third-order valence-electron chi connectivity index (χ3n) is 4.39. The van der Waals surface area contributed by atoms with Gasteiger partial charge in [0.05, 0.1) is 0 Å². The van der Waals surface area contributed by atoms with E-state index < -0.39 is 0 Å². The molecule has 1 rings (SSSR count). The van der Waals surface area contributed by atoms with Gasteiger partial charge in [0.25, 0.3) is 0 Å². The highest BCUT2D eigenvalue weighted by atomic mass is 15.2. The summed E-state index contributed by atoms with van der Waals surface area (Å²) in [5, 5.41) is 3.71. The fourth-order valence-electron chi connectivity index (χ4n) is 3.23. The smallest absolute Gasteiger partial charge is 0.00527 e. The van der Waals surface area contributed by atoms with Gasteiger partial charge in [-0.05, 0) is 51.1 Å². The summed E-state index contributed by atoms with van der Waals surface area (Å²) >= 11 is 0. The van der Waals surface area contributed by atoms with Crippen LogP contribution in [0.25, 0.3) is 0 Å². The first-order valence-corrected chi connectivity index (χ1v) is 7.94. The average molecular weight is 254 g/mol. The Morgan fingerprint density at radius 2 is 1.72 bits per heavy atom. The van der Waals surface area contributed by atoms with E-state index >= 15 is 0 Å². The largest absolute Gasteiger partial charge is 0.316 e. The maximum absolute atomic E-state index is 3.71. The molecule has 0 saturated heterocycles. The van der Waals surface area contributed by atoms with Gasteiger partial charge in [-0.1, -0.05) is 33.6 Å². The summed E-state index contributed by atoms with van der Waals surface area (Å²) < 4.78 is 0. The van der Waals surface area contributed by atoms with Crippen molar-refractivity contribution in [2.24, 2.45) is 11.3 Å². The second-order valence-electron chi connectivity index (χ2n) is 6.89. The van der Waals surface area contributed by atoms with E-state index in [1.54, 1.807) is 0 Å². The molecule has 2 nitrogen and oxygen atoms in total. The fourth-order valence-corrected chi connectivity index (χ4v) is 3.23. The Morgan fingerprint density at radius 1 is 1.11 bits per heavy atom. The molecule has 1 fully saturated rings. The lowest BCUT2D eigenvalue weighted by molar-refractivity contribution is 0.126. The van der Waals surface area contributed by atoms with E-state index in [-0.39, 0.29) is 0 Å². The molecule has 0 aromatic rings. The molecule has 1 aliphatic rings. The monoisotopic (exact) mass is 254 g/mol.